The third-order valence-electron chi connectivity index (χ3n) is 1.94. The Labute approximate surface area is 89.2 Å². The minimum Gasteiger partial charge on any atom is -0.483 e. The van der Waals surface area contributed by atoms with Crippen molar-refractivity contribution in [3.63, 3.8) is 0 Å². The average Bonchev–Trinajstić information content (AvgIpc) is 2.91. The zero-order valence-electron chi connectivity index (χ0n) is 7.27. The summed E-state index contributed by atoms with van der Waals surface area (Å²) in [5.74, 6) is 0.362. The van der Waals surface area contributed by atoms with Crippen LogP contribution in [0.15, 0.2) is 22.7 Å². The second kappa shape index (κ2) is 3.57. The SMILES string of the molecule is O=[N+]([O-])c1cc(Br)ccc1OC1CC1. The van der Waals surface area contributed by atoms with Gasteiger partial charge in [0, 0.05) is 10.5 Å². The predicted octanol–water partition coefficient (Wildman–Crippen LogP) is 2.90. The first-order valence-corrected chi connectivity index (χ1v) is 5.07. The molecular formula is C9H8BrNO3. The molecule has 0 radical (unpaired) electrons. The van der Waals surface area contributed by atoms with E-state index in [-0.39, 0.29) is 11.8 Å². The van der Waals surface area contributed by atoms with Crippen molar-refractivity contribution in [2.45, 2.75) is 18.9 Å². The number of nitrogens with zero attached hydrogens (tertiary/aromatic N) is 1. The number of halogens is 1. The molecule has 1 aromatic carbocycles. The van der Waals surface area contributed by atoms with Gasteiger partial charge in [0.25, 0.3) is 0 Å². The van der Waals surface area contributed by atoms with Crippen molar-refractivity contribution in [3.8, 4) is 5.75 Å². The Morgan fingerprint density at radius 3 is 2.79 bits per heavy atom. The standard InChI is InChI=1S/C9H8BrNO3/c10-6-1-4-9(14-7-2-3-7)8(5-6)11(12)13/h1,4-5,7H,2-3H2. The monoisotopic (exact) mass is 257 g/mol. The van der Waals surface area contributed by atoms with Crippen LogP contribution in [0.1, 0.15) is 12.8 Å². The molecule has 1 aliphatic rings. The lowest BCUT2D eigenvalue weighted by Gasteiger charge is -2.04. The van der Waals surface area contributed by atoms with Gasteiger partial charge in [-0.25, -0.2) is 0 Å². The molecule has 1 fully saturated rings. The lowest BCUT2D eigenvalue weighted by Crippen LogP contribution is -1.99. The summed E-state index contributed by atoms with van der Waals surface area (Å²) >= 11 is 3.19. The number of nitro groups is 1. The molecule has 0 aliphatic heterocycles. The summed E-state index contributed by atoms with van der Waals surface area (Å²) in [6.07, 6.45) is 2.16. The van der Waals surface area contributed by atoms with Crippen LogP contribution in [0.2, 0.25) is 0 Å². The first-order chi connectivity index (χ1) is 6.66. The van der Waals surface area contributed by atoms with Gasteiger partial charge in [-0.3, -0.25) is 10.1 Å². The highest BCUT2D eigenvalue weighted by Crippen LogP contribution is 2.34. The summed E-state index contributed by atoms with van der Waals surface area (Å²) in [6.45, 7) is 0. The quantitative estimate of drug-likeness (QED) is 0.618. The number of hydrogen-bond acceptors (Lipinski definition) is 3. The van der Waals surface area contributed by atoms with E-state index >= 15 is 0 Å². The molecule has 0 N–H and O–H groups in total. The van der Waals surface area contributed by atoms with E-state index < -0.39 is 4.92 Å². The molecule has 74 valence electrons. The molecule has 0 saturated heterocycles. The third-order valence-corrected chi connectivity index (χ3v) is 2.43. The molecule has 14 heavy (non-hydrogen) atoms. The Morgan fingerprint density at radius 1 is 1.50 bits per heavy atom. The lowest BCUT2D eigenvalue weighted by molar-refractivity contribution is -0.386. The van der Waals surface area contributed by atoms with E-state index in [1.165, 1.54) is 6.07 Å². The molecule has 1 aliphatic carbocycles. The second-order valence-electron chi connectivity index (χ2n) is 3.19. The first-order valence-electron chi connectivity index (χ1n) is 4.27. The van der Waals surface area contributed by atoms with Crippen molar-refractivity contribution in [2.75, 3.05) is 0 Å². The Kier molecular flexibility index (Phi) is 2.41. The topological polar surface area (TPSA) is 52.4 Å². The number of benzene rings is 1. The van der Waals surface area contributed by atoms with Crippen molar-refractivity contribution >= 4 is 21.6 Å². The molecule has 0 atom stereocenters. The van der Waals surface area contributed by atoms with Crippen molar-refractivity contribution < 1.29 is 9.66 Å². The lowest BCUT2D eigenvalue weighted by atomic mass is 10.3. The van der Waals surface area contributed by atoms with Gasteiger partial charge >= 0.3 is 5.69 Å². The second-order valence-corrected chi connectivity index (χ2v) is 4.10. The maximum Gasteiger partial charge on any atom is 0.312 e. The van der Waals surface area contributed by atoms with Crippen LogP contribution >= 0.6 is 15.9 Å². The van der Waals surface area contributed by atoms with Crippen LogP contribution in [0.25, 0.3) is 0 Å². The Balaban J connectivity index is 2.31. The third kappa shape index (κ3) is 2.04. The van der Waals surface area contributed by atoms with E-state index in [2.05, 4.69) is 15.9 Å². The maximum atomic E-state index is 10.7. The molecule has 2 rings (SSSR count). The van der Waals surface area contributed by atoms with E-state index in [1.807, 2.05) is 0 Å². The van der Waals surface area contributed by atoms with Crippen molar-refractivity contribution in [1.82, 2.24) is 0 Å². The first kappa shape index (κ1) is 9.45. The molecule has 0 bridgehead atoms. The summed E-state index contributed by atoms with van der Waals surface area (Å²) in [5.41, 5.74) is 0.0197. The van der Waals surface area contributed by atoms with Gasteiger partial charge in [-0.2, -0.15) is 0 Å². The molecule has 0 unspecified atom stereocenters. The Hall–Kier alpha value is -1.10. The van der Waals surface area contributed by atoms with Crippen molar-refractivity contribution in [3.05, 3.63) is 32.8 Å². The van der Waals surface area contributed by atoms with E-state index in [4.69, 9.17) is 4.74 Å². The van der Waals surface area contributed by atoms with Gasteiger partial charge in [0.15, 0.2) is 5.75 Å². The molecule has 5 heteroatoms. The van der Waals surface area contributed by atoms with E-state index in [0.717, 1.165) is 12.8 Å². The molecule has 1 aromatic rings. The van der Waals surface area contributed by atoms with Crippen LogP contribution in [0.3, 0.4) is 0 Å². The molecule has 0 amide bonds. The van der Waals surface area contributed by atoms with Crippen molar-refractivity contribution in [2.24, 2.45) is 0 Å². The van der Waals surface area contributed by atoms with Gasteiger partial charge in [0.05, 0.1) is 11.0 Å². The van der Waals surface area contributed by atoms with Crippen LogP contribution in [-0.4, -0.2) is 11.0 Å². The van der Waals surface area contributed by atoms with Gasteiger partial charge < -0.3 is 4.74 Å². The number of rotatable bonds is 3. The van der Waals surface area contributed by atoms with Crippen molar-refractivity contribution in [1.29, 1.82) is 0 Å². The van der Waals surface area contributed by atoms with E-state index in [0.29, 0.717) is 10.2 Å². The molecule has 0 heterocycles. The molecule has 0 spiro atoms. The Bertz CT molecular complexity index is 376. The Morgan fingerprint density at radius 2 is 2.21 bits per heavy atom. The van der Waals surface area contributed by atoms with Gasteiger partial charge in [-0.05, 0) is 25.0 Å². The van der Waals surface area contributed by atoms with Gasteiger partial charge in [0.1, 0.15) is 0 Å². The van der Waals surface area contributed by atoms with E-state index in [9.17, 15) is 10.1 Å². The summed E-state index contributed by atoms with van der Waals surface area (Å²) < 4.78 is 6.10. The van der Waals surface area contributed by atoms with Gasteiger partial charge in [-0.1, -0.05) is 15.9 Å². The molecular weight excluding hydrogens is 250 g/mol. The fraction of sp³-hybridized carbons (Fsp3) is 0.333. The van der Waals surface area contributed by atoms with Gasteiger partial charge in [0.2, 0.25) is 0 Å². The van der Waals surface area contributed by atoms with E-state index in [1.54, 1.807) is 12.1 Å². The molecule has 0 aromatic heterocycles. The average molecular weight is 258 g/mol. The minimum absolute atomic E-state index is 0.0197. The molecule has 4 nitrogen and oxygen atoms in total. The zero-order chi connectivity index (χ0) is 10.1. The number of nitro benzene ring substituents is 1. The normalized spacial score (nSPS) is 15.2. The van der Waals surface area contributed by atoms with Gasteiger partial charge in [-0.15, -0.1) is 0 Å². The smallest absolute Gasteiger partial charge is 0.312 e. The highest BCUT2D eigenvalue weighted by atomic mass is 79.9. The molecule has 1 saturated carbocycles. The summed E-state index contributed by atoms with van der Waals surface area (Å²) in [6, 6.07) is 4.82. The zero-order valence-corrected chi connectivity index (χ0v) is 8.86. The summed E-state index contributed by atoms with van der Waals surface area (Å²) in [4.78, 5) is 10.3. The van der Waals surface area contributed by atoms with Crippen LogP contribution in [0, 0.1) is 10.1 Å². The van der Waals surface area contributed by atoms with Crippen LogP contribution in [0.5, 0.6) is 5.75 Å². The number of ether oxygens (including phenoxy) is 1. The highest BCUT2D eigenvalue weighted by molar-refractivity contribution is 9.10. The fourth-order valence-corrected chi connectivity index (χ4v) is 1.45. The summed E-state index contributed by atoms with van der Waals surface area (Å²) in [7, 11) is 0. The highest BCUT2D eigenvalue weighted by Gasteiger charge is 2.27. The maximum absolute atomic E-state index is 10.7. The fourth-order valence-electron chi connectivity index (χ4n) is 1.10. The van der Waals surface area contributed by atoms with Crippen LogP contribution in [-0.2, 0) is 0 Å². The number of hydrogen-bond donors (Lipinski definition) is 0. The summed E-state index contributed by atoms with van der Waals surface area (Å²) in [5, 5.41) is 10.7. The minimum atomic E-state index is -0.428. The predicted molar refractivity (Wildman–Crippen MR) is 54.4 cm³/mol. The van der Waals surface area contributed by atoms with Crippen LogP contribution < -0.4 is 4.74 Å². The largest absolute Gasteiger partial charge is 0.483 e. The van der Waals surface area contributed by atoms with Crippen LogP contribution in [0.4, 0.5) is 5.69 Å².